The molecule has 0 amide bonds. The van der Waals surface area contributed by atoms with Gasteiger partial charge in [-0.15, -0.1) is 0 Å². The molecule has 1 aliphatic rings. The van der Waals surface area contributed by atoms with Crippen molar-refractivity contribution in [1.29, 1.82) is 0 Å². The van der Waals surface area contributed by atoms with Gasteiger partial charge in [0.05, 0.1) is 19.3 Å². The zero-order valence-corrected chi connectivity index (χ0v) is 13.1. The van der Waals surface area contributed by atoms with Crippen molar-refractivity contribution in [3.8, 4) is 0 Å². The second-order valence-corrected chi connectivity index (χ2v) is 5.98. The standard InChI is InChI=1S/C17H24N4O/c1-15(7-8-16-5-3-2-4-6-16)20-9-10-22-17(11-20)12-21-14-18-13-19-21/h2-6,13-15,17H,7-12H2,1H3/t15-,17-/m0/s1. The molecule has 2 aromatic rings. The van der Waals surface area contributed by atoms with Crippen molar-refractivity contribution in [3.63, 3.8) is 0 Å². The van der Waals surface area contributed by atoms with Crippen LogP contribution in [0.2, 0.25) is 0 Å². The number of morpholine rings is 1. The summed E-state index contributed by atoms with van der Waals surface area (Å²) < 4.78 is 7.71. The Labute approximate surface area is 131 Å². The van der Waals surface area contributed by atoms with E-state index in [4.69, 9.17) is 4.74 Å². The second kappa shape index (κ2) is 7.51. The predicted molar refractivity (Wildman–Crippen MR) is 85.6 cm³/mol. The molecule has 1 aromatic heterocycles. The van der Waals surface area contributed by atoms with E-state index in [1.807, 2.05) is 4.68 Å². The first-order valence-electron chi connectivity index (χ1n) is 8.03. The third kappa shape index (κ3) is 4.15. The molecule has 0 N–H and O–H groups in total. The number of hydrogen-bond acceptors (Lipinski definition) is 4. The monoisotopic (exact) mass is 300 g/mol. The maximum absolute atomic E-state index is 5.86. The molecule has 0 saturated carbocycles. The van der Waals surface area contributed by atoms with Gasteiger partial charge in [-0.1, -0.05) is 30.3 Å². The number of nitrogens with zero attached hydrogens (tertiary/aromatic N) is 4. The van der Waals surface area contributed by atoms with E-state index in [0.29, 0.717) is 6.04 Å². The van der Waals surface area contributed by atoms with Crippen LogP contribution in [0.5, 0.6) is 0 Å². The average molecular weight is 300 g/mol. The third-order valence-corrected chi connectivity index (χ3v) is 4.34. The number of benzene rings is 1. The molecule has 0 bridgehead atoms. The SMILES string of the molecule is C[C@@H](CCc1ccccc1)N1CCO[C@H](Cn2cncn2)C1. The van der Waals surface area contributed by atoms with Gasteiger partial charge in [0.25, 0.3) is 0 Å². The van der Waals surface area contributed by atoms with Crippen LogP contribution in [0.15, 0.2) is 43.0 Å². The molecule has 5 nitrogen and oxygen atoms in total. The highest BCUT2D eigenvalue weighted by atomic mass is 16.5. The summed E-state index contributed by atoms with van der Waals surface area (Å²) in [7, 11) is 0. The first kappa shape index (κ1) is 15.2. The van der Waals surface area contributed by atoms with Crippen LogP contribution in [0, 0.1) is 0 Å². The van der Waals surface area contributed by atoms with Crippen molar-refractivity contribution < 1.29 is 4.74 Å². The maximum Gasteiger partial charge on any atom is 0.137 e. The first-order chi connectivity index (χ1) is 10.8. The molecule has 0 spiro atoms. The highest BCUT2D eigenvalue weighted by Crippen LogP contribution is 2.14. The molecule has 0 aliphatic carbocycles. The first-order valence-corrected chi connectivity index (χ1v) is 8.03. The third-order valence-electron chi connectivity index (χ3n) is 4.34. The Balaban J connectivity index is 1.48. The van der Waals surface area contributed by atoms with Gasteiger partial charge in [0.1, 0.15) is 12.7 Å². The molecule has 0 unspecified atom stereocenters. The van der Waals surface area contributed by atoms with Crippen molar-refractivity contribution in [1.82, 2.24) is 19.7 Å². The number of rotatable bonds is 6. The molecule has 118 valence electrons. The molecule has 1 aromatic carbocycles. The summed E-state index contributed by atoms with van der Waals surface area (Å²) in [6.45, 7) is 5.89. The summed E-state index contributed by atoms with van der Waals surface area (Å²) in [5.41, 5.74) is 1.42. The van der Waals surface area contributed by atoms with Gasteiger partial charge in [0.2, 0.25) is 0 Å². The fourth-order valence-corrected chi connectivity index (χ4v) is 2.99. The van der Waals surface area contributed by atoms with Gasteiger partial charge in [0, 0.05) is 19.1 Å². The Morgan fingerprint density at radius 3 is 2.95 bits per heavy atom. The van der Waals surface area contributed by atoms with Crippen LogP contribution in [0.25, 0.3) is 0 Å². The molecule has 2 atom stereocenters. The summed E-state index contributed by atoms with van der Waals surface area (Å²) >= 11 is 0. The molecule has 22 heavy (non-hydrogen) atoms. The summed E-state index contributed by atoms with van der Waals surface area (Å²) in [5.74, 6) is 0. The van der Waals surface area contributed by atoms with E-state index in [1.165, 1.54) is 12.0 Å². The number of aryl methyl sites for hydroxylation is 1. The van der Waals surface area contributed by atoms with E-state index < -0.39 is 0 Å². The molecule has 3 rings (SSSR count). The van der Waals surface area contributed by atoms with Crippen molar-refractivity contribution >= 4 is 0 Å². The van der Waals surface area contributed by atoms with Gasteiger partial charge < -0.3 is 4.74 Å². The normalized spacial score (nSPS) is 20.9. The minimum atomic E-state index is 0.203. The van der Waals surface area contributed by atoms with Gasteiger partial charge in [-0.2, -0.15) is 5.10 Å². The largest absolute Gasteiger partial charge is 0.374 e. The molecular weight excluding hydrogens is 276 g/mol. The summed E-state index contributed by atoms with van der Waals surface area (Å²) in [6.07, 6.45) is 5.84. The Hall–Kier alpha value is -1.72. The topological polar surface area (TPSA) is 43.2 Å². The summed E-state index contributed by atoms with van der Waals surface area (Å²) in [5, 5.41) is 4.16. The predicted octanol–water partition coefficient (Wildman–Crippen LogP) is 2.00. The van der Waals surface area contributed by atoms with Gasteiger partial charge >= 0.3 is 0 Å². The van der Waals surface area contributed by atoms with Crippen LogP contribution in [0.3, 0.4) is 0 Å². The van der Waals surface area contributed by atoms with Gasteiger partial charge in [-0.05, 0) is 25.3 Å². The van der Waals surface area contributed by atoms with Gasteiger partial charge in [-0.3, -0.25) is 9.58 Å². The Bertz CT molecular complexity index is 543. The van der Waals surface area contributed by atoms with E-state index in [0.717, 1.165) is 32.7 Å². The quantitative estimate of drug-likeness (QED) is 0.818. The summed E-state index contributed by atoms with van der Waals surface area (Å²) in [4.78, 5) is 6.52. The van der Waals surface area contributed by atoms with Crippen molar-refractivity contribution in [3.05, 3.63) is 48.5 Å². The smallest absolute Gasteiger partial charge is 0.137 e. The second-order valence-electron chi connectivity index (χ2n) is 5.98. The lowest BCUT2D eigenvalue weighted by molar-refractivity contribution is -0.0500. The molecule has 1 aliphatic heterocycles. The molecular formula is C17H24N4O. The molecule has 5 heteroatoms. The number of ether oxygens (including phenoxy) is 1. The van der Waals surface area contributed by atoms with Crippen LogP contribution in [-0.4, -0.2) is 51.5 Å². The Kier molecular flexibility index (Phi) is 5.19. The van der Waals surface area contributed by atoms with Crippen LogP contribution in [-0.2, 0) is 17.7 Å². The van der Waals surface area contributed by atoms with Crippen LogP contribution in [0.1, 0.15) is 18.9 Å². The van der Waals surface area contributed by atoms with Crippen molar-refractivity contribution in [2.24, 2.45) is 0 Å². The van der Waals surface area contributed by atoms with E-state index in [2.05, 4.69) is 52.2 Å². The lowest BCUT2D eigenvalue weighted by Gasteiger charge is -2.36. The van der Waals surface area contributed by atoms with Crippen molar-refractivity contribution in [2.75, 3.05) is 19.7 Å². The lowest BCUT2D eigenvalue weighted by Crippen LogP contribution is -2.48. The van der Waals surface area contributed by atoms with Crippen LogP contribution in [0.4, 0.5) is 0 Å². The number of aromatic nitrogens is 3. The van der Waals surface area contributed by atoms with Crippen LogP contribution < -0.4 is 0 Å². The van der Waals surface area contributed by atoms with E-state index in [-0.39, 0.29) is 6.10 Å². The zero-order chi connectivity index (χ0) is 15.2. The highest BCUT2D eigenvalue weighted by Gasteiger charge is 2.24. The Morgan fingerprint density at radius 2 is 2.18 bits per heavy atom. The summed E-state index contributed by atoms with van der Waals surface area (Å²) in [6, 6.07) is 11.3. The Morgan fingerprint density at radius 1 is 1.32 bits per heavy atom. The average Bonchev–Trinajstić information content (AvgIpc) is 3.07. The van der Waals surface area contributed by atoms with E-state index in [9.17, 15) is 0 Å². The van der Waals surface area contributed by atoms with E-state index >= 15 is 0 Å². The minimum absolute atomic E-state index is 0.203. The van der Waals surface area contributed by atoms with Crippen molar-refractivity contribution in [2.45, 2.75) is 38.5 Å². The minimum Gasteiger partial charge on any atom is -0.374 e. The zero-order valence-electron chi connectivity index (χ0n) is 13.1. The van der Waals surface area contributed by atoms with Crippen LogP contribution >= 0.6 is 0 Å². The molecule has 0 radical (unpaired) electrons. The van der Waals surface area contributed by atoms with Gasteiger partial charge in [0.15, 0.2) is 0 Å². The molecule has 1 fully saturated rings. The van der Waals surface area contributed by atoms with Gasteiger partial charge in [-0.25, -0.2) is 4.98 Å². The number of hydrogen-bond donors (Lipinski definition) is 0. The fraction of sp³-hybridized carbons (Fsp3) is 0.529. The maximum atomic E-state index is 5.86. The highest BCUT2D eigenvalue weighted by molar-refractivity contribution is 5.14. The van der Waals surface area contributed by atoms with E-state index in [1.54, 1.807) is 12.7 Å². The molecule has 1 saturated heterocycles. The lowest BCUT2D eigenvalue weighted by atomic mass is 10.0. The fourth-order valence-electron chi connectivity index (χ4n) is 2.99. The molecule has 2 heterocycles.